The summed E-state index contributed by atoms with van der Waals surface area (Å²) in [5.74, 6) is 0.654. The van der Waals surface area contributed by atoms with Crippen LogP contribution < -0.4 is 0 Å². The van der Waals surface area contributed by atoms with Crippen molar-refractivity contribution in [3.63, 3.8) is 0 Å². The minimum Gasteiger partial charge on any atom is -0.393 e. The maximum absolute atomic E-state index is 9.56. The van der Waals surface area contributed by atoms with Crippen molar-refractivity contribution in [3.8, 4) is 0 Å². The molecule has 0 unspecified atom stereocenters. The molecule has 0 saturated heterocycles. The number of hydrogen-bond acceptors (Lipinski definition) is 1. The Balaban J connectivity index is 1.96. The quantitative estimate of drug-likeness (QED) is 0.477. The predicted octanol–water partition coefficient (Wildman–Crippen LogP) is 2.89. The molecule has 1 aliphatic rings. The first-order chi connectivity index (χ1) is 5.74. The fourth-order valence-electron chi connectivity index (χ4n) is 1.58. The van der Waals surface area contributed by atoms with E-state index in [-0.39, 0.29) is 6.10 Å². The van der Waals surface area contributed by atoms with E-state index < -0.39 is 0 Å². The Labute approximate surface area is 75.5 Å². The molecule has 12 heavy (non-hydrogen) atoms. The van der Waals surface area contributed by atoms with Crippen LogP contribution in [0.4, 0.5) is 0 Å². The summed E-state index contributed by atoms with van der Waals surface area (Å²) in [6, 6.07) is 0. The molecule has 1 heteroatoms. The second-order valence-corrected chi connectivity index (χ2v) is 3.94. The summed E-state index contributed by atoms with van der Waals surface area (Å²) >= 11 is 0. The standard InChI is InChI=1S/C11H20O/c1-3-4-5-6-11(12)8-10-7-9(10)2/h10-12H,2-8H2,1H3/t10-,11-/m0/s1. The van der Waals surface area contributed by atoms with Gasteiger partial charge in [-0.05, 0) is 25.2 Å². The van der Waals surface area contributed by atoms with Gasteiger partial charge in [-0.25, -0.2) is 0 Å². The van der Waals surface area contributed by atoms with Gasteiger partial charge in [-0.2, -0.15) is 0 Å². The highest BCUT2D eigenvalue weighted by molar-refractivity contribution is 5.18. The highest BCUT2D eigenvalue weighted by Gasteiger charge is 2.28. The number of unbranched alkanes of at least 4 members (excludes halogenated alkanes) is 2. The number of aliphatic hydroxyl groups excluding tert-OH is 1. The summed E-state index contributed by atoms with van der Waals surface area (Å²) in [7, 11) is 0. The minimum atomic E-state index is -0.0687. The van der Waals surface area contributed by atoms with Gasteiger partial charge in [0.15, 0.2) is 0 Å². The van der Waals surface area contributed by atoms with E-state index in [1.807, 2.05) is 0 Å². The molecule has 1 aliphatic carbocycles. The summed E-state index contributed by atoms with van der Waals surface area (Å²) in [6.07, 6.45) is 6.70. The Morgan fingerprint density at radius 3 is 2.75 bits per heavy atom. The minimum absolute atomic E-state index is 0.0687. The molecule has 0 aromatic heterocycles. The maximum atomic E-state index is 9.56. The van der Waals surface area contributed by atoms with E-state index in [0.717, 1.165) is 19.3 Å². The van der Waals surface area contributed by atoms with E-state index in [1.165, 1.54) is 24.8 Å². The number of aliphatic hydroxyl groups is 1. The first kappa shape index (κ1) is 9.79. The SMILES string of the molecule is C=C1C[C@H]1C[C@@H](O)CCCCC. The van der Waals surface area contributed by atoms with Gasteiger partial charge in [0, 0.05) is 0 Å². The fourth-order valence-corrected chi connectivity index (χ4v) is 1.58. The van der Waals surface area contributed by atoms with Gasteiger partial charge in [-0.15, -0.1) is 0 Å². The lowest BCUT2D eigenvalue weighted by molar-refractivity contribution is 0.146. The molecular formula is C11H20O. The molecule has 0 radical (unpaired) electrons. The first-order valence-corrected chi connectivity index (χ1v) is 5.09. The first-order valence-electron chi connectivity index (χ1n) is 5.09. The van der Waals surface area contributed by atoms with E-state index >= 15 is 0 Å². The normalized spacial score (nSPS) is 24.2. The average Bonchev–Trinajstić information content (AvgIpc) is 2.67. The van der Waals surface area contributed by atoms with Crippen LogP contribution in [-0.2, 0) is 0 Å². The summed E-state index contributed by atoms with van der Waals surface area (Å²) in [5.41, 5.74) is 1.34. The Bertz CT molecular complexity index is 151. The van der Waals surface area contributed by atoms with Crippen LogP contribution in [0.1, 0.15) is 45.4 Å². The van der Waals surface area contributed by atoms with E-state index in [4.69, 9.17) is 0 Å². The molecule has 0 aliphatic heterocycles. The molecule has 1 saturated carbocycles. The molecule has 70 valence electrons. The summed E-state index contributed by atoms with van der Waals surface area (Å²) in [4.78, 5) is 0. The average molecular weight is 168 g/mol. The third kappa shape index (κ3) is 3.40. The molecule has 0 heterocycles. The van der Waals surface area contributed by atoms with Gasteiger partial charge in [0.2, 0.25) is 0 Å². The lowest BCUT2D eigenvalue weighted by atomic mass is 10.1. The monoisotopic (exact) mass is 168 g/mol. The van der Waals surface area contributed by atoms with Crippen LogP contribution in [0.2, 0.25) is 0 Å². The highest BCUT2D eigenvalue weighted by Crippen LogP contribution is 2.39. The summed E-state index contributed by atoms with van der Waals surface area (Å²) < 4.78 is 0. The van der Waals surface area contributed by atoms with Gasteiger partial charge in [-0.1, -0.05) is 38.3 Å². The van der Waals surface area contributed by atoms with Crippen molar-refractivity contribution < 1.29 is 5.11 Å². The molecule has 1 nitrogen and oxygen atoms in total. The topological polar surface area (TPSA) is 20.2 Å². The van der Waals surface area contributed by atoms with Crippen molar-refractivity contribution in [3.05, 3.63) is 12.2 Å². The molecule has 2 atom stereocenters. The molecular weight excluding hydrogens is 148 g/mol. The smallest absolute Gasteiger partial charge is 0.0546 e. The van der Waals surface area contributed by atoms with Gasteiger partial charge < -0.3 is 5.11 Å². The fraction of sp³-hybridized carbons (Fsp3) is 0.818. The lowest BCUT2D eigenvalue weighted by Crippen LogP contribution is -2.06. The van der Waals surface area contributed by atoms with E-state index in [1.54, 1.807) is 0 Å². The zero-order valence-corrected chi connectivity index (χ0v) is 8.05. The van der Waals surface area contributed by atoms with Crippen LogP contribution in [0.5, 0.6) is 0 Å². The third-order valence-corrected chi connectivity index (χ3v) is 2.62. The van der Waals surface area contributed by atoms with Gasteiger partial charge >= 0.3 is 0 Å². The zero-order valence-electron chi connectivity index (χ0n) is 8.05. The van der Waals surface area contributed by atoms with Crippen molar-refractivity contribution in [2.45, 2.75) is 51.6 Å². The van der Waals surface area contributed by atoms with Gasteiger partial charge in [0.25, 0.3) is 0 Å². The van der Waals surface area contributed by atoms with Crippen molar-refractivity contribution in [1.29, 1.82) is 0 Å². The largest absolute Gasteiger partial charge is 0.393 e. The predicted molar refractivity (Wildman–Crippen MR) is 52.0 cm³/mol. The number of hydrogen-bond donors (Lipinski definition) is 1. The van der Waals surface area contributed by atoms with Crippen molar-refractivity contribution >= 4 is 0 Å². The van der Waals surface area contributed by atoms with Crippen molar-refractivity contribution in [1.82, 2.24) is 0 Å². The molecule has 1 N–H and O–H groups in total. The summed E-state index contributed by atoms with van der Waals surface area (Å²) in [6.45, 7) is 6.08. The van der Waals surface area contributed by atoms with Crippen LogP contribution >= 0.6 is 0 Å². The van der Waals surface area contributed by atoms with E-state index in [0.29, 0.717) is 5.92 Å². The van der Waals surface area contributed by atoms with Crippen LogP contribution in [-0.4, -0.2) is 11.2 Å². The Morgan fingerprint density at radius 2 is 2.25 bits per heavy atom. The molecule has 1 rings (SSSR count). The van der Waals surface area contributed by atoms with E-state index in [2.05, 4.69) is 13.5 Å². The molecule has 0 aromatic carbocycles. The molecule has 0 bridgehead atoms. The third-order valence-electron chi connectivity index (χ3n) is 2.62. The highest BCUT2D eigenvalue weighted by atomic mass is 16.3. The van der Waals surface area contributed by atoms with Gasteiger partial charge in [0.05, 0.1) is 6.10 Å². The van der Waals surface area contributed by atoms with Crippen LogP contribution in [0, 0.1) is 5.92 Å². The second-order valence-electron chi connectivity index (χ2n) is 3.94. The van der Waals surface area contributed by atoms with Crippen LogP contribution in [0.15, 0.2) is 12.2 Å². The zero-order chi connectivity index (χ0) is 8.97. The molecule has 0 spiro atoms. The van der Waals surface area contributed by atoms with Gasteiger partial charge in [-0.3, -0.25) is 0 Å². The van der Waals surface area contributed by atoms with Crippen molar-refractivity contribution in [2.24, 2.45) is 5.92 Å². The lowest BCUT2D eigenvalue weighted by Gasteiger charge is -2.08. The Morgan fingerprint density at radius 1 is 1.58 bits per heavy atom. The van der Waals surface area contributed by atoms with Crippen molar-refractivity contribution in [2.75, 3.05) is 0 Å². The Kier molecular flexibility index (Phi) is 3.80. The Hall–Kier alpha value is -0.300. The van der Waals surface area contributed by atoms with Gasteiger partial charge in [0.1, 0.15) is 0 Å². The van der Waals surface area contributed by atoms with Crippen LogP contribution in [0.25, 0.3) is 0 Å². The number of rotatable bonds is 6. The van der Waals surface area contributed by atoms with E-state index in [9.17, 15) is 5.11 Å². The maximum Gasteiger partial charge on any atom is 0.0546 e. The summed E-state index contributed by atoms with van der Waals surface area (Å²) in [5, 5.41) is 9.56. The number of allylic oxidation sites excluding steroid dienone is 1. The molecule has 0 amide bonds. The second kappa shape index (κ2) is 4.66. The molecule has 1 fully saturated rings. The van der Waals surface area contributed by atoms with Crippen LogP contribution in [0.3, 0.4) is 0 Å². The molecule has 0 aromatic rings.